The van der Waals surface area contributed by atoms with Crippen LogP contribution in [-0.2, 0) is 0 Å². The Morgan fingerprint density at radius 2 is 1.33 bits per heavy atom. The topological polar surface area (TPSA) is 31.6 Å². The second-order valence-corrected chi connectivity index (χ2v) is 5.66. The fourth-order valence-corrected chi connectivity index (χ4v) is 2.56. The molecule has 0 aliphatic rings. The van der Waals surface area contributed by atoms with Gasteiger partial charge in [-0.05, 0) is 37.1 Å². The van der Waals surface area contributed by atoms with E-state index in [0.29, 0.717) is 24.0 Å². The quantitative estimate of drug-likeness (QED) is 0.509. The maximum absolute atomic E-state index is 14.6. The Hall–Kier alpha value is -2.30. The Bertz CT molecular complexity index is 855. The van der Waals surface area contributed by atoms with Crippen LogP contribution < -0.4 is 9.47 Å². The third-order valence-corrected chi connectivity index (χ3v) is 3.83. The van der Waals surface area contributed by atoms with Crippen molar-refractivity contribution >= 4 is 21.9 Å². The minimum Gasteiger partial charge on any atom is -0.490 e. The highest BCUT2D eigenvalue weighted by atomic mass is 19.1. The van der Waals surface area contributed by atoms with Gasteiger partial charge in [-0.1, -0.05) is 20.3 Å². The molecule has 1 heterocycles. The molecule has 3 aromatic rings. The van der Waals surface area contributed by atoms with Gasteiger partial charge >= 0.3 is 0 Å². The lowest BCUT2D eigenvalue weighted by molar-refractivity contribution is 0.294. The lowest BCUT2D eigenvalue weighted by atomic mass is 10.1. The fourth-order valence-electron chi connectivity index (χ4n) is 2.56. The molecule has 0 aliphatic carbocycles. The number of ether oxygens (including phenoxy) is 2. The second-order valence-electron chi connectivity index (χ2n) is 5.66. The van der Waals surface area contributed by atoms with Crippen LogP contribution in [0.1, 0.15) is 33.1 Å². The number of furan rings is 1. The Morgan fingerprint density at radius 1 is 0.792 bits per heavy atom. The van der Waals surface area contributed by atoms with Gasteiger partial charge in [0, 0.05) is 10.8 Å². The third kappa shape index (κ3) is 2.90. The van der Waals surface area contributed by atoms with Crippen molar-refractivity contribution in [1.82, 2.24) is 0 Å². The number of hydrogen-bond acceptors (Lipinski definition) is 3. The van der Waals surface area contributed by atoms with Crippen molar-refractivity contribution < 1.29 is 22.7 Å². The van der Waals surface area contributed by atoms with E-state index in [0.717, 1.165) is 19.3 Å². The van der Waals surface area contributed by atoms with E-state index >= 15 is 0 Å². The standard InChI is InChI=1S/C19H20F2O3/c1-3-5-11-23-15-9-7-13-12-6-8-14(22-10-4-2)16(20)18(12)24-19(13)17(15)21/h6-9H,3-5,10-11H2,1-2H3. The summed E-state index contributed by atoms with van der Waals surface area (Å²) in [6, 6.07) is 6.48. The number of unbranched alkanes of at least 4 members (excludes halogenated alkanes) is 1. The highest BCUT2D eigenvalue weighted by molar-refractivity contribution is 6.06. The van der Waals surface area contributed by atoms with Gasteiger partial charge in [-0.3, -0.25) is 0 Å². The zero-order valence-corrected chi connectivity index (χ0v) is 13.8. The number of hydrogen-bond donors (Lipinski definition) is 0. The SMILES string of the molecule is CCCCOc1ccc2c(oc3c(F)c(OCCC)ccc32)c1F. The molecule has 0 aliphatic heterocycles. The average Bonchev–Trinajstić information content (AvgIpc) is 2.97. The summed E-state index contributed by atoms with van der Waals surface area (Å²) in [6.45, 7) is 4.81. The Labute approximate surface area is 139 Å². The molecule has 3 rings (SSSR count). The molecule has 0 atom stereocenters. The number of halogens is 2. The van der Waals surface area contributed by atoms with Crippen LogP contribution in [-0.4, -0.2) is 13.2 Å². The van der Waals surface area contributed by atoms with Crippen molar-refractivity contribution in [3.63, 3.8) is 0 Å². The highest BCUT2D eigenvalue weighted by Crippen LogP contribution is 2.37. The van der Waals surface area contributed by atoms with Crippen LogP contribution in [0, 0.1) is 11.6 Å². The van der Waals surface area contributed by atoms with Gasteiger partial charge in [0.15, 0.2) is 22.7 Å². The molecule has 0 bridgehead atoms. The molecule has 0 N–H and O–H groups in total. The average molecular weight is 334 g/mol. The highest BCUT2D eigenvalue weighted by Gasteiger charge is 2.20. The molecule has 0 fully saturated rings. The van der Waals surface area contributed by atoms with Crippen LogP contribution in [0.15, 0.2) is 28.7 Å². The largest absolute Gasteiger partial charge is 0.490 e. The van der Waals surface area contributed by atoms with Crippen molar-refractivity contribution in [3.05, 3.63) is 35.9 Å². The summed E-state index contributed by atoms with van der Waals surface area (Å²) in [4.78, 5) is 0. The fraction of sp³-hybridized carbons (Fsp3) is 0.368. The first-order chi connectivity index (χ1) is 11.7. The molecule has 2 aromatic carbocycles. The summed E-state index contributed by atoms with van der Waals surface area (Å²) in [7, 11) is 0. The van der Waals surface area contributed by atoms with E-state index < -0.39 is 11.6 Å². The predicted octanol–water partition coefficient (Wildman–Crippen LogP) is 5.83. The van der Waals surface area contributed by atoms with Gasteiger partial charge in [-0.2, -0.15) is 8.78 Å². The van der Waals surface area contributed by atoms with Crippen molar-refractivity contribution in [3.8, 4) is 11.5 Å². The van der Waals surface area contributed by atoms with Crippen molar-refractivity contribution in [1.29, 1.82) is 0 Å². The van der Waals surface area contributed by atoms with Gasteiger partial charge in [-0.15, -0.1) is 0 Å². The molecule has 24 heavy (non-hydrogen) atoms. The van der Waals surface area contributed by atoms with Gasteiger partial charge < -0.3 is 13.9 Å². The monoisotopic (exact) mass is 334 g/mol. The molecule has 0 unspecified atom stereocenters. The molecule has 0 saturated carbocycles. The minimum atomic E-state index is -0.606. The predicted molar refractivity (Wildman–Crippen MR) is 89.8 cm³/mol. The summed E-state index contributed by atoms with van der Waals surface area (Å²) in [6.07, 6.45) is 2.56. The molecule has 5 heteroatoms. The minimum absolute atomic E-state index is 0.00297. The van der Waals surface area contributed by atoms with Crippen LogP contribution >= 0.6 is 0 Å². The van der Waals surface area contributed by atoms with E-state index in [1.54, 1.807) is 24.3 Å². The number of fused-ring (bicyclic) bond motifs is 3. The summed E-state index contributed by atoms with van der Waals surface area (Å²) < 4.78 is 45.4. The van der Waals surface area contributed by atoms with Crippen molar-refractivity contribution in [2.75, 3.05) is 13.2 Å². The van der Waals surface area contributed by atoms with Gasteiger partial charge in [0.25, 0.3) is 0 Å². The summed E-state index contributed by atoms with van der Waals surface area (Å²) in [5.41, 5.74) is 0.00810. The van der Waals surface area contributed by atoms with E-state index in [4.69, 9.17) is 13.9 Å². The Morgan fingerprint density at radius 3 is 1.83 bits per heavy atom. The van der Waals surface area contributed by atoms with Gasteiger partial charge in [0.2, 0.25) is 11.6 Å². The Balaban J connectivity index is 2.06. The summed E-state index contributed by atoms with van der Waals surface area (Å²) in [5.74, 6) is -0.971. The molecule has 0 amide bonds. The van der Waals surface area contributed by atoms with Gasteiger partial charge in [0.05, 0.1) is 13.2 Å². The molecule has 128 valence electrons. The first-order valence-corrected chi connectivity index (χ1v) is 8.26. The van der Waals surface area contributed by atoms with E-state index in [2.05, 4.69) is 0 Å². The number of rotatable bonds is 7. The molecular formula is C19H20F2O3. The van der Waals surface area contributed by atoms with E-state index in [-0.39, 0.29) is 22.7 Å². The maximum Gasteiger partial charge on any atom is 0.208 e. The normalized spacial score (nSPS) is 11.3. The lowest BCUT2D eigenvalue weighted by Gasteiger charge is -2.06. The molecule has 0 saturated heterocycles. The Kier molecular flexibility index (Phi) is 4.88. The lowest BCUT2D eigenvalue weighted by Crippen LogP contribution is -1.98. The van der Waals surface area contributed by atoms with E-state index in [1.807, 2.05) is 13.8 Å². The van der Waals surface area contributed by atoms with Crippen molar-refractivity contribution in [2.45, 2.75) is 33.1 Å². The molecule has 3 nitrogen and oxygen atoms in total. The van der Waals surface area contributed by atoms with Gasteiger partial charge in [-0.25, -0.2) is 0 Å². The van der Waals surface area contributed by atoms with Gasteiger partial charge in [0.1, 0.15) is 0 Å². The zero-order valence-electron chi connectivity index (χ0n) is 13.8. The zero-order chi connectivity index (χ0) is 17.1. The third-order valence-electron chi connectivity index (χ3n) is 3.83. The summed E-state index contributed by atoms with van der Waals surface area (Å²) >= 11 is 0. The van der Waals surface area contributed by atoms with Crippen LogP contribution in [0.5, 0.6) is 11.5 Å². The van der Waals surface area contributed by atoms with Crippen LogP contribution in [0.4, 0.5) is 8.78 Å². The molecular weight excluding hydrogens is 314 g/mol. The smallest absolute Gasteiger partial charge is 0.208 e. The second kappa shape index (κ2) is 7.07. The summed E-state index contributed by atoms with van der Waals surface area (Å²) in [5, 5.41) is 1.04. The van der Waals surface area contributed by atoms with Crippen molar-refractivity contribution in [2.24, 2.45) is 0 Å². The molecule has 1 aromatic heterocycles. The molecule has 0 radical (unpaired) electrons. The van der Waals surface area contributed by atoms with E-state index in [1.165, 1.54) is 0 Å². The van der Waals surface area contributed by atoms with Crippen LogP contribution in [0.3, 0.4) is 0 Å². The molecule has 0 spiro atoms. The maximum atomic E-state index is 14.6. The van der Waals surface area contributed by atoms with E-state index in [9.17, 15) is 8.78 Å². The number of benzene rings is 2. The van der Waals surface area contributed by atoms with Crippen LogP contribution in [0.2, 0.25) is 0 Å². The first kappa shape index (κ1) is 16.6. The first-order valence-electron chi connectivity index (χ1n) is 8.26. The van der Waals surface area contributed by atoms with Crippen LogP contribution in [0.25, 0.3) is 21.9 Å².